The van der Waals surface area contributed by atoms with Crippen molar-refractivity contribution in [2.24, 2.45) is 0 Å². The Hall–Kier alpha value is -9.13. The molecule has 0 N–H and O–H groups in total. The summed E-state index contributed by atoms with van der Waals surface area (Å²) in [6.07, 6.45) is 36.1. The maximum atomic E-state index is 7.45. The number of hydrogen-bond donors (Lipinski definition) is 0. The molecule has 0 radical (unpaired) electrons. The third-order valence-corrected chi connectivity index (χ3v) is 42.9. The molecular formula is C114H96Au4P4Si2+4. The molecule has 16 aromatic rings. The molecule has 0 atom stereocenters. The minimum absolute atomic E-state index is 0. The monoisotopic (exact) mass is 2430 g/mol. The van der Waals surface area contributed by atoms with Gasteiger partial charge in [0.1, 0.15) is 40.8 Å². The Balaban J connectivity index is 0.000000147. The van der Waals surface area contributed by atoms with Crippen molar-refractivity contribution in [2.75, 3.05) is 24.6 Å². The van der Waals surface area contributed by atoms with E-state index in [1.165, 1.54) is 155 Å². The van der Waals surface area contributed by atoms with Gasteiger partial charge in [0.2, 0.25) is 0 Å². The van der Waals surface area contributed by atoms with Crippen LogP contribution < -0.4 is 63.2 Å². The number of benzene rings is 16. The minimum atomic E-state index is -1.55. The summed E-state index contributed by atoms with van der Waals surface area (Å²) in [5.41, 5.74) is 19.3. The van der Waals surface area contributed by atoms with Crippen LogP contribution in [-0.2, 0) is 102 Å². The molecule has 0 saturated heterocycles. The molecule has 620 valence electrons. The first-order valence-electron chi connectivity index (χ1n) is 41.4. The van der Waals surface area contributed by atoms with Crippen LogP contribution in [0.2, 0.25) is 26.2 Å². The molecule has 0 fully saturated rings. The molecule has 0 bridgehead atoms. The fourth-order valence-electron chi connectivity index (χ4n) is 17.6. The number of hydrogen-bond acceptors (Lipinski definition) is 0. The second-order valence-electron chi connectivity index (χ2n) is 31.6. The van der Waals surface area contributed by atoms with E-state index >= 15 is 0 Å². The van der Waals surface area contributed by atoms with Crippen LogP contribution in [0.3, 0.4) is 0 Å². The van der Waals surface area contributed by atoms with Crippen molar-refractivity contribution >= 4 is 111 Å². The molecule has 2 aliphatic carbocycles. The zero-order valence-electron chi connectivity index (χ0n) is 69.7. The molecule has 0 saturated carbocycles. The Morgan fingerprint density at radius 3 is 0.895 bits per heavy atom. The summed E-state index contributed by atoms with van der Waals surface area (Å²) in [7, 11) is -6.19. The summed E-state index contributed by atoms with van der Waals surface area (Å²) in [5.74, 6) is 10.0. The van der Waals surface area contributed by atoms with Crippen LogP contribution in [0.1, 0.15) is 44.5 Å². The molecule has 10 heteroatoms. The quantitative estimate of drug-likeness (QED) is 0.0441. The first-order chi connectivity index (χ1) is 58.9. The summed E-state index contributed by atoms with van der Waals surface area (Å²) >= 11 is 0. The summed E-state index contributed by atoms with van der Waals surface area (Å²) in [5, 5.41) is 18.0. The van der Waals surface area contributed by atoms with E-state index in [9.17, 15) is 0 Å². The van der Waals surface area contributed by atoms with Crippen LogP contribution in [0.4, 0.5) is 0 Å². The zero-order valence-corrected chi connectivity index (χ0v) is 84.4. The molecule has 0 nitrogen and oxygen atoms in total. The predicted molar refractivity (Wildman–Crippen MR) is 533 cm³/mol. The number of fused-ring (bicyclic) bond motifs is 12. The average Bonchev–Trinajstić information content (AvgIpc) is 1.59. The molecule has 20 rings (SSSR count). The van der Waals surface area contributed by atoms with Gasteiger partial charge < -0.3 is 25.7 Å². The molecule has 124 heavy (non-hydrogen) atoms. The molecule has 2 aliphatic heterocycles. The number of rotatable bonds is 14. The molecule has 4 aliphatic rings. The van der Waals surface area contributed by atoms with Crippen LogP contribution in [-0.4, -0.2) is 40.8 Å². The molecular weight excluding hydrogens is 2340 g/mol. The van der Waals surface area contributed by atoms with E-state index in [-0.39, 0.29) is 89.5 Å². The van der Waals surface area contributed by atoms with Gasteiger partial charge in [-0.25, -0.2) is 0 Å². The van der Waals surface area contributed by atoms with Crippen molar-refractivity contribution in [3.63, 3.8) is 0 Å². The van der Waals surface area contributed by atoms with Crippen molar-refractivity contribution in [2.45, 2.75) is 39.0 Å². The van der Waals surface area contributed by atoms with Crippen molar-refractivity contribution in [3.8, 4) is 68.2 Å². The van der Waals surface area contributed by atoms with Gasteiger partial charge in [0.05, 0.1) is 74.1 Å². The van der Waals surface area contributed by atoms with Gasteiger partial charge in [-0.05, 0) is 170 Å². The third kappa shape index (κ3) is 22.4. The Labute approximate surface area is 806 Å². The van der Waals surface area contributed by atoms with Gasteiger partial charge >= 0.3 is 89.5 Å². The topological polar surface area (TPSA) is 0 Å². The average molecular weight is 2430 g/mol. The van der Waals surface area contributed by atoms with Gasteiger partial charge in [-0.3, -0.25) is 23.7 Å². The van der Waals surface area contributed by atoms with Crippen molar-refractivity contribution < 1.29 is 89.5 Å². The second kappa shape index (κ2) is 46.4. The van der Waals surface area contributed by atoms with Gasteiger partial charge in [-0.2, -0.15) is 0 Å². The van der Waals surface area contributed by atoms with E-state index in [1.807, 2.05) is 30.3 Å². The first kappa shape index (κ1) is 95.5. The fraction of sp³-hybridized carbons (Fsp3) is 0.0877. The van der Waals surface area contributed by atoms with Gasteiger partial charge in [-0.1, -0.05) is 333 Å². The van der Waals surface area contributed by atoms with Crippen LogP contribution in [0.15, 0.2) is 413 Å². The summed E-state index contributed by atoms with van der Waals surface area (Å²) < 4.78 is 0. The van der Waals surface area contributed by atoms with Gasteiger partial charge in [0, 0.05) is 0 Å². The molecule has 0 amide bonds. The van der Waals surface area contributed by atoms with Crippen LogP contribution >= 0.6 is 31.7 Å². The van der Waals surface area contributed by atoms with Crippen LogP contribution in [0, 0.1) is 49.4 Å². The SMILES string of the molecule is [Au+].[Au+].[Au+].[Au+].[C-]#Cc1ccc2c(c1)-c1ccccc1[Si]2(C)C.[C-]#Cc1ccc2c(c1)Cc1ccccc1-2.[C-]#Cc1cccc2c1-c1ccccc1C2.[C-]#Cc1cccc2c1-c1ccccc1[Si]2(C)C.c1ccc([PH+](CC[PH+](c2ccccc2)c2ccccc2)c2ccccc2)cc1.c1ccc([PH+](CC[PH+](c2ccccc2)c2ccccc2)c2ccccc2)cc1. The van der Waals surface area contributed by atoms with Crippen molar-refractivity contribution in [1.29, 1.82) is 0 Å². The fourth-order valence-corrected chi connectivity index (χ4v) is 36.2. The Morgan fingerprint density at radius 2 is 0.492 bits per heavy atom. The van der Waals surface area contributed by atoms with Crippen LogP contribution in [0.25, 0.3) is 44.5 Å². The minimum Gasteiger partial charge on any atom is -0.366 e. The van der Waals surface area contributed by atoms with Gasteiger partial charge in [-0.15, -0.1) is 58.7 Å². The Bertz CT molecular complexity index is 5880. The van der Waals surface area contributed by atoms with E-state index in [0.29, 0.717) is 0 Å². The van der Waals surface area contributed by atoms with Gasteiger partial charge in [0.15, 0.2) is 0 Å². The third-order valence-electron chi connectivity index (χ3n) is 23.6. The Kier molecular flexibility index (Phi) is 35.7. The molecule has 2 heterocycles. The smallest absolute Gasteiger partial charge is 0.366 e. The predicted octanol–water partition coefficient (Wildman–Crippen LogP) is 20.7. The summed E-state index contributed by atoms with van der Waals surface area (Å²) in [6, 6.07) is 148. The van der Waals surface area contributed by atoms with E-state index in [1.54, 1.807) is 0 Å². The summed E-state index contributed by atoms with van der Waals surface area (Å²) in [6.45, 7) is 9.55. The largest absolute Gasteiger partial charge is 1.00 e. The molecule has 0 aromatic heterocycles. The zero-order chi connectivity index (χ0) is 82.6. The molecule has 0 unspecified atom stereocenters. The molecule has 16 aromatic carbocycles. The van der Waals surface area contributed by atoms with E-state index in [0.717, 1.165) is 35.1 Å². The van der Waals surface area contributed by atoms with Crippen molar-refractivity contribution in [1.82, 2.24) is 0 Å². The van der Waals surface area contributed by atoms with Crippen molar-refractivity contribution in [3.05, 3.63) is 483 Å². The first-order valence-corrected chi connectivity index (χ1v) is 54.2. The standard InChI is InChI=1S/2C26H24P2.2C16H13Si.2C15H9.4Au/c2*1-5-13-23(14-6-1)27(24-15-7-2-8-16-24)21-22-28(25-17-9-3-10-18-25)26-19-11-4-12-20-26;1-4-12-8-7-11-15-16(12)13-9-5-6-10-14(13)17(15,2)3;1-4-12-9-10-16-14(11-12)13-7-5-6-8-15(13)17(16,2)3;1-2-11-7-5-8-13-10-12-6-3-4-9-14(12)15(11)13;1-2-11-7-8-15-13(9-11)10-12-5-3-4-6-14(12)15;;;;/h2*1-20H,21-22H2;2*5-11H,2-3H3;2*3-9H,10H2;;;;/q;;4*-1;4*+1/p+4. The van der Waals surface area contributed by atoms with E-state index in [2.05, 4.69) is 432 Å². The second-order valence-corrected chi connectivity index (χ2v) is 50.7. The van der Waals surface area contributed by atoms with Crippen LogP contribution in [0.5, 0.6) is 0 Å². The van der Waals surface area contributed by atoms with Gasteiger partial charge in [0.25, 0.3) is 0 Å². The Morgan fingerprint density at radius 1 is 0.218 bits per heavy atom. The maximum absolute atomic E-state index is 7.45. The van der Waals surface area contributed by atoms with E-state index in [4.69, 9.17) is 25.7 Å². The molecule has 0 spiro atoms. The maximum Gasteiger partial charge on any atom is 1.00 e. The van der Waals surface area contributed by atoms with E-state index < -0.39 is 47.8 Å². The summed E-state index contributed by atoms with van der Waals surface area (Å²) in [4.78, 5) is 0. The normalized spacial score (nSPS) is 11.9.